The highest BCUT2D eigenvalue weighted by Gasteiger charge is 2.24. The van der Waals surface area contributed by atoms with E-state index in [-0.39, 0.29) is 11.7 Å². The Hall–Kier alpha value is -2.47. The van der Waals surface area contributed by atoms with Crippen LogP contribution in [0.3, 0.4) is 0 Å². The zero-order valence-electron chi connectivity index (χ0n) is 15.7. The van der Waals surface area contributed by atoms with Gasteiger partial charge in [-0.15, -0.1) is 11.3 Å². The molecule has 0 bridgehead atoms. The van der Waals surface area contributed by atoms with E-state index in [0.717, 1.165) is 19.3 Å². The van der Waals surface area contributed by atoms with Crippen LogP contribution in [0.15, 0.2) is 30.3 Å². The number of hydrogen-bond donors (Lipinski definition) is 1. The lowest BCUT2D eigenvalue weighted by Crippen LogP contribution is -2.24. The van der Waals surface area contributed by atoms with Crippen molar-refractivity contribution in [1.82, 2.24) is 0 Å². The van der Waals surface area contributed by atoms with Crippen LogP contribution in [0.4, 0.5) is 5.69 Å². The third-order valence-corrected chi connectivity index (χ3v) is 5.89. The minimum atomic E-state index is -0.873. The number of benzene rings is 1. The molecule has 1 heterocycles. The first-order chi connectivity index (χ1) is 12.8. The smallest absolute Gasteiger partial charge is 0.349 e. The molecule has 3 rings (SSSR count). The van der Waals surface area contributed by atoms with Crippen LogP contribution >= 0.6 is 11.3 Å². The molecule has 6 heteroatoms. The summed E-state index contributed by atoms with van der Waals surface area (Å²) in [5.41, 5.74) is 2.28. The van der Waals surface area contributed by atoms with E-state index in [4.69, 9.17) is 4.74 Å². The van der Waals surface area contributed by atoms with Crippen LogP contribution < -0.4 is 5.32 Å². The molecule has 1 aliphatic rings. The van der Waals surface area contributed by atoms with E-state index >= 15 is 0 Å². The Balaban J connectivity index is 1.64. The second-order valence-electron chi connectivity index (χ2n) is 7.08. The SMILES string of the molecule is CC(=O)Nc1ccc(C(=O)[C@H](C)OC(=O)c2cc3c(s2)CC[C@H](C)C3)cc1. The zero-order valence-corrected chi connectivity index (χ0v) is 16.5. The molecule has 1 aromatic carbocycles. The van der Waals surface area contributed by atoms with E-state index in [9.17, 15) is 14.4 Å². The van der Waals surface area contributed by atoms with Crippen molar-refractivity contribution in [1.29, 1.82) is 0 Å². The van der Waals surface area contributed by atoms with Gasteiger partial charge in [0, 0.05) is 23.1 Å². The van der Waals surface area contributed by atoms with Gasteiger partial charge in [0.2, 0.25) is 11.7 Å². The number of hydrogen-bond acceptors (Lipinski definition) is 5. The molecule has 0 saturated heterocycles. The van der Waals surface area contributed by atoms with Crippen molar-refractivity contribution in [3.8, 4) is 0 Å². The number of amides is 1. The number of nitrogens with one attached hydrogen (secondary N) is 1. The predicted octanol–water partition coefficient (Wildman–Crippen LogP) is 4.26. The summed E-state index contributed by atoms with van der Waals surface area (Å²) in [7, 11) is 0. The van der Waals surface area contributed by atoms with Gasteiger partial charge in [0.1, 0.15) is 4.88 Å². The van der Waals surface area contributed by atoms with E-state index in [1.807, 2.05) is 6.07 Å². The average Bonchev–Trinajstić information content (AvgIpc) is 3.04. The predicted molar refractivity (Wildman–Crippen MR) is 105 cm³/mol. The summed E-state index contributed by atoms with van der Waals surface area (Å²) in [4.78, 5) is 37.8. The topological polar surface area (TPSA) is 72.5 Å². The number of carbonyl (C=O) groups excluding carboxylic acids is 3. The molecular formula is C21H23NO4S. The van der Waals surface area contributed by atoms with Crippen LogP contribution in [0.25, 0.3) is 0 Å². The van der Waals surface area contributed by atoms with Crippen molar-refractivity contribution in [2.24, 2.45) is 5.92 Å². The normalized spacial score (nSPS) is 16.9. The molecule has 1 aromatic heterocycles. The largest absolute Gasteiger partial charge is 0.450 e. The van der Waals surface area contributed by atoms with Gasteiger partial charge in [0.25, 0.3) is 0 Å². The Bertz CT molecular complexity index is 869. The second kappa shape index (κ2) is 8.05. The minimum absolute atomic E-state index is 0.176. The molecule has 142 valence electrons. The van der Waals surface area contributed by atoms with Crippen LogP contribution in [0, 0.1) is 5.92 Å². The third kappa shape index (κ3) is 4.63. The fraction of sp³-hybridized carbons (Fsp3) is 0.381. The van der Waals surface area contributed by atoms with Crippen LogP contribution in [-0.2, 0) is 22.4 Å². The Morgan fingerprint density at radius 3 is 2.59 bits per heavy atom. The highest BCUT2D eigenvalue weighted by Crippen LogP contribution is 2.32. The van der Waals surface area contributed by atoms with Crippen molar-refractivity contribution in [2.75, 3.05) is 5.32 Å². The van der Waals surface area contributed by atoms with Gasteiger partial charge < -0.3 is 10.1 Å². The maximum Gasteiger partial charge on any atom is 0.349 e. The van der Waals surface area contributed by atoms with Crippen LogP contribution in [0.1, 0.15) is 57.7 Å². The number of aryl methyl sites for hydroxylation is 1. The summed E-state index contributed by atoms with van der Waals surface area (Å²) in [6.07, 6.45) is 2.27. The highest BCUT2D eigenvalue weighted by atomic mass is 32.1. The van der Waals surface area contributed by atoms with Crippen molar-refractivity contribution >= 4 is 34.7 Å². The molecular weight excluding hydrogens is 362 g/mol. The fourth-order valence-electron chi connectivity index (χ4n) is 3.23. The lowest BCUT2D eigenvalue weighted by molar-refractivity contribution is -0.114. The Morgan fingerprint density at radius 1 is 1.22 bits per heavy atom. The Kier molecular flexibility index (Phi) is 5.75. The Morgan fingerprint density at radius 2 is 1.93 bits per heavy atom. The highest BCUT2D eigenvalue weighted by molar-refractivity contribution is 7.14. The molecule has 5 nitrogen and oxygen atoms in total. The average molecular weight is 385 g/mol. The number of fused-ring (bicyclic) bond motifs is 1. The molecule has 0 aliphatic heterocycles. The molecule has 0 fully saturated rings. The zero-order chi connectivity index (χ0) is 19.6. The first kappa shape index (κ1) is 19.3. The molecule has 1 N–H and O–H groups in total. The van der Waals surface area contributed by atoms with Crippen LogP contribution in [0.2, 0.25) is 0 Å². The fourth-order valence-corrected chi connectivity index (χ4v) is 4.33. The molecule has 2 aromatic rings. The molecule has 0 saturated carbocycles. The van der Waals surface area contributed by atoms with Gasteiger partial charge in [-0.1, -0.05) is 6.92 Å². The summed E-state index contributed by atoms with van der Waals surface area (Å²) < 4.78 is 5.40. The third-order valence-electron chi connectivity index (χ3n) is 4.67. The summed E-state index contributed by atoms with van der Waals surface area (Å²) in [6.45, 7) is 5.22. The van der Waals surface area contributed by atoms with Gasteiger partial charge in [0.15, 0.2) is 6.10 Å². The number of ketones is 1. The van der Waals surface area contributed by atoms with Crippen LogP contribution in [-0.4, -0.2) is 23.8 Å². The van der Waals surface area contributed by atoms with Gasteiger partial charge in [-0.05, 0) is 68.0 Å². The standard InChI is InChI=1S/C21H23NO4S/c1-12-4-9-18-16(10-12)11-19(27-18)21(25)26-13(2)20(24)15-5-7-17(8-6-15)22-14(3)23/h5-8,11-13H,4,9-10H2,1-3H3,(H,22,23)/t12-,13-/m0/s1. The summed E-state index contributed by atoms with van der Waals surface area (Å²) in [5, 5.41) is 2.65. The molecule has 0 spiro atoms. The first-order valence-corrected chi connectivity index (χ1v) is 9.89. The monoisotopic (exact) mass is 385 g/mol. The first-order valence-electron chi connectivity index (χ1n) is 9.08. The summed E-state index contributed by atoms with van der Waals surface area (Å²) in [6, 6.07) is 8.44. The van der Waals surface area contributed by atoms with Gasteiger partial charge >= 0.3 is 5.97 Å². The van der Waals surface area contributed by atoms with Crippen molar-refractivity contribution in [2.45, 2.75) is 46.1 Å². The quantitative estimate of drug-likeness (QED) is 0.617. The van der Waals surface area contributed by atoms with Crippen molar-refractivity contribution < 1.29 is 19.1 Å². The van der Waals surface area contributed by atoms with Gasteiger partial charge in [-0.3, -0.25) is 9.59 Å². The number of Topliss-reactive ketones (excluding diaryl/α,β-unsaturated/α-hetero) is 1. The van der Waals surface area contributed by atoms with E-state index in [0.29, 0.717) is 22.0 Å². The Labute approximate surface area is 162 Å². The van der Waals surface area contributed by atoms with E-state index < -0.39 is 12.1 Å². The van der Waals surface area contributed by atoms with E-state index in [1.54, 1.807) is 31.2 Å². The maximum absolute atomic E-state index is 12.5. The minimum Gasteiger partial charge on any atom is -0.450 e. The lowest BCUT2D eigenvalue weighted by Gasteiger charge is -2.16. The number of carbonyl (C=O) groups is 3. The van der Waals surface area contributed by atoms with Gasteiger partial charge in [-0.2, -0.15) is 0 Å². The lowest BCUT2D eigenvalue weighted by atomic mass is 9.90. The molecule has 2 atom stereocenters. The van der Waals surface area contributed by atoms with Gasteiger partial charge in [-0.25, -0.2) is 4.79 Å². The molecule has 0 unspecified atom stereocenters. The second-order valence-corrected chi connectivity index (χ2v) is 8.21. The number of thiophene rings is 1. The van der Waals surface area contributed by atoms with E-state index in [1.165, 1.54) is 28.7 Å². The molecule has 27 heavy (non-hydrogen) atoms. The molecule has 1 aliphatic carbocycles. The molecule has 0 radical (unpaired) electrons. The number of esters is 1. The maximum atomic E-state index is 12.5. The van der Waals surface area contributed by atoms with Gasteiger partial charge in [0.05, 0.1) is 0 Å². The number of anilines is 1. The summed E-state index contributed by atoms with van der Waals surface area (Å²) >= 11 is 1.48. The van der Waals surface area contributed by atoms with Crippen molar-refractivity contribution in [3.63, 3.8) is 0 Å². The number of ether oxygens (including phenoxy) is 1. The van der Waals surface area contributed by atoms with Crippen molar-refractivity contribution in [3.05, 3.63) is 51.2 Å². The molecule has 1 amide bonds. The summed E-state index contributed by atoms with van der Waals surface area (Å²) in [5.74, 6) is -0.258. The number of rotatable bonds is 5. The van der Waals surface area contributed by atoms with Crippen LogP contribution in [0.5, 0.6) is 0 Å². The van der Waals surface area contributed by atoms with E-state index in [2.05, 4.69) is 12.2 Å².